The van der Waals surface area contributed by atoms with Gasteiger partial charge in [0.1, 0.15) is 6.61 Å². The smallest absolute Gasteiger partial charge is 0.434 e. The van der Waals surface area contributed by atoms with Gasteiger partial charge in [-0.1, -0.05) is 0 Å². The molecule has 0 spiro atoms. The number of hydrogen-bond donors (Lipinski definition) is 0. The third kappa shape index (κ3) is 8.59. The fourth-order valence-corrected chi connectivity index (χ4v) is 1.06. The molecule has 0 aliphatic heterocycles. The number of alkyl halides is 12. The molecule has 0 aromatic heterocycles. The average molecular weight is 418 g/mol. The molecule has 0 fully saturated rings. The van der Waals surface area contributed by atoms with Crippen LogP contribution in [0, 0.1) is 0 Å². The van der Waals surface area contributed by atoms with Gasteiger partial charge < -0.3 is 4.74 Å². The zero-order valence-corrected chi connectivity index (χ0v) is 11.7. The van der Waals surface area contributed by atoms with Gasteiger partial charge in [0, 0.05) is 6.08 Å². The summed E-state index contributed by atoms with van der Waals surface area (Å²) in [5, 5.41) is 0. The summed E-state index contributed by atoms with van der Waals surface area (Å²) in [6, 6.07) is 0. The van der Waals surface area contributed by atoms with Crippen molar-refractivity contribution in [3.05, 3.63) is 12.2 Å². The molecular weight excluding hydrogens is 412 g/mol. The number of carbonyl (C=O) groups excluding carboxylic acids is 1. The van der Waals surface area contributed by atoms with Gasteiger partial charge in [-0.05, 0) is 6.08 Å². The Bertz CT molecular complexity index is 458. The monoisotopic (exact) mass is 418 g/mol. The molecule has 0 amide bonds. The van der Waals surface area contributed by atoms with Gasteiger partial charge in [0.2, 0.25) is 0 Å². The molecule has 0 saturated heterocycles. The maximum absolute atomic E-state index is 12.1. The highest BCUT2D eigenvalue weighted by Gasteiger charge is 2.60. The highest BCUT2D eigenvalue weighted by atomic mass is 19.4. The van der Waals surface area contributed by atoms with E-state index in [0.717, 1.165) is 0 Å². The van der Waals surface area contributed by atoms with E-state index >= 15 is 0 Å². The molecular formula is C10H6F12O4. The van der Waals surface area contributed by atoms with Crippen molar-refractivity contribution < 1.29 is 72.0 Å². The maximum Gasteiger partial charge on any atom is 0.434 e. The van der Waals surface area contributed by atoms with Gasteiger partial charge in [-0.3, -0.25) is 0 Å². The third-order valence-corrected chi connectivity index (χ3v) is 2.01. The zero-order chi connectivity index (χ0) is 21.0. The Hall–Kier alpha value is -1.71. The summed E-state index contributed by atoms with van der Waals surface area (Å²) in [5.74, 6) is -2.24. The first kappa shape index (κ1) is 24.3. The van der Waals surface area contributed by atoms with Crippen LogP contribution in [0.5, 0.6) is 0 Å². The third-order valence-electron chi connectivity index (χ3n) is 2.01. The first-order chi connectivity index (χ1) is 11.4. The molecule has 0 bridgehead atoms. The number of ether oxygens (including phenoxy) is 1. The Labute approximate surface area is 135 Å². The van der Waals surface area contributed by atoms with Crippen LogP contribution in [-0.4, -0.2) is 49.5 Å². The molecule has 0 N–H and O–H groups in total. The van der Waals surface area contributed by atoms with Crippen LogP contribution in [0.3, 0.4) is 0 Å². The van der Waals surface area contributed by atoms with Crippen LogP contribution < -0.4 is 0 Å². The molecule has 0 saturated carbocycles. The second-order valence-corrected chi connectivity index (χ2v) is 4.15. The molecule has 0 unspecified atom stereocenters. The molecule has 0 aromatic carbocycles. The lowest BCUT2D eigenvalue weighted by Gasteiger charge is -2.22. The largest absolute Gasteiger partial charge is 0.440 e. The normalized spacial score (nSPS) is 14.5. The Morgan fingerprint density at radius 3 is 1.46 bits per heavy atom. The van der Waals surface area contributed by atoms with E-state index in [4.69, 9.17) is 0 Å². The topological polar surface area (TPSA) is 44.8 Å². The number of rotatable bonds is 6. The molecule has 0 atom stereocenters. The average Bonchev–Trinajstić information content (AvgIpc) is 2.34. The van der Waals surface area contributed by atoms with Crippen LogP contribution in [0.25, 0.3) is 0 Å². The SMILES string of the molecule is O=C(/C=C/COOC(C(F)(F)F)C(F)(F)F)OC(C(F)(F)F)C(F)(F)F. The lowest BCUT2D eigenvalue weighted by molar-refractivity contribution is -0.429. The molecule has 0 aliphatic carbocycles. The van der Waals surface area contributed by atoms with Crippen molar-refractivity contribution in [1.82, 2.24) is 0 Å². The van der Waals surface area contributed by atoms with E-state index in [-0.39, 0.29) is 12.2 Å². The number of carbonyl (C=O) groups is 1. The van der Waals surface area contributed by atoms with Gasteiger partial charge in [0.15, 0.2) is 0 Å². The van der Waals surface area contributed by atoms with Crippen molar-refractivity contribution in [2.45, 2.75) is 36.9 Å². The predicted molar refractivity (Wildman–Crippen MR) is 54.1 cm³/mol. The van der Waals surface area contributed by atoms with Crippen LogP contribution in [-0.2, 0) is 19.3 Å². The van der Waals surface area contributed by atoms with E-state index in [1.165, 1.54) is 0 Å². The van der Waals surface area contributed by atoms with Crippen molar-refractivity contribution in [3.63, 3.8) is 0 Å². The molecule has 0 aliphatic rings. The van der Waals surface area contributed by atoms with E-state index < -0.39 is 49.5 Å². The first-order valence-corrected chi connectivity index (χ1v) is 5.79. The predicted octanol–water partition coefficient (Wildman–Crippen LogP) is 4.02. The Morgan fingerprint density at radius 1 is 0.731 bits per heavy atom. The summed E-state index contributed by atoms with van der Waals surface area (Å²) in [4.78, 5) is 17.3. The summed E-state index contributed by atoms with van der Waals surface area (Å²) in [6.07, 6.45) is -32.7. The minimum atomic E-state index is -6.01. The van der Waals surface area contributed by atoms with Crippen LogP contribution in [0.1, 0.15) is 0 Å². The van der Waals surface area contributed by atoms with E-state index in [1.54, 1.807) is 0 Å². The van der Waals surface area contributed by atoms with Crippen molar-refractivity contribution >= 4 is 5.97 Å². The summed E-state index contributed by atoms with van der Waals surface area (Å²) in [7, 11) is 0. The van der Waals surface area contributed by atoms with Gasteiger partial charge >= 0.3 is 30.7 Å². The molecule has 0 rings (SSSR count). The quantitative estimate of drug-likeness (QED) is 0.163. The van der Waals surface area contributed by atoms with Gasteiger partial charge in [0.05, 0.1) is 0 Å². The standard InChI is InChI=1S/C10H6F12O4/c11-7(12,13)5(8(14,15)16)25-4(23)2-1-3-24-26-6(9(17,18)19)10(20,21)22/h1-2,5-6H,3H2/b2-1+. The van der Waals surface area contributed by atoms with Crippen molar-refractivity contribution in [2.75, 3.05) is 6.61 Å². The fourth-order valence-electron chi connectivity index (χ4n) is 1.06. The second kappa shape index (κ2) is 8.32. The molecule has 4 nitrogen and oxygen atoms in total. The highest BCUT2D eigenvalue weighted by molar-refractivity contribution is 5.82. The summed E-state index contributed by atoms with van der Waals surface area (Å²) < 4.78 is 147. The van der Waals surface area contributed by atoms with Gasteiger partial charge in [-0.15, -0.1) is 0 Å². The molecule has 0 radical (unpaired) electrons. The highest BCUT2D eigenvalue weighted by Crippen LogP contribution is 2.36. The summed E-state index contributed by atoms with van der Waals surface area (Å²) >= 11 is 0. The Morgan fingerprint density at radius 2 is 1.12 bits per heavy atom. The first-order valence-electron chi connectivity index (χ1n) is 5.79. The van der Waals surface area contributed by atoms with Crippen LogP contribution in [0.2, 0.25) is 0 Å². The van der Waals surface area contributed by atoms with Gasteiger partial charge in [0.25, 0.3) is 12.2 Å². The molecule has 16 heteroatoms. The zero-order valence-electron chi connectivity index (χ0n) is 11.7. The van der Waals surface area contributed by atoms with E-state index in [1.807, 2.05) is 0 Å². The fraction of sp³-hybridized carbons (Fsp3) is 0.700. The van der Waals surface area contributed by atoms with E-state index in [2.05, 4.69) is 14.5 Å². The van der Waals surface area contributed by atoms with Gasteiger partial charge in [-0.25, -0.2) is 14.6 Å². The minimum Gasteiger partial charge on any atom is -0.440 e. The second-order valence-electron chi connectivity index (χ2n) is 4.15. The number of halogens is 12. The van der Waals surface area contributed by atoms with Crippen molar-refractivity contribution in [3.8, 4) is 0 Å². The molecule has 0 heterocycles. The minimum absolute atomic E-state index is 0.149. The van der Waals surface area contributed by atoms with Gasteiger partial charge in [-0.2, -0.15) is 52.7 Å². The maximum atomic E-state index is 12.1. The van der Waals surface area contributed by atoms with Crippen LogP contribution in [0.4, 0.5) is 52.7 Å². The number of esters is 1. The van der Waals surface area contributed by atoms with E-state index in [9.17, 15) is 57.5 Å². The van der Waals surface area contributed by atoms with Crippen molar-refractivity contribution in [2.24, 2.45) is 0 Å². The van der Waals surface area contributed by atoms with E-state index in [0.29, 0.717) is 0 Å². The number of hydrogen-bond acceptors (Lipinski definition) is 4. The Kier molecular flexibility index (Phi) is 7.77. The lowest BCUT2D eigenvalue weighted by Crippen LogP contribution is -2.45. The summed E-state index contributed by atoms with van der Waals surface area (Å²) in [5.41, 5.74) is 0. The molecule has 26 heavy (non-hydrogen) atoms. The summed E-state index contributed by atoms with van der Waals surface area (Å²) in [6.45, 7) is -1.36. The van der Waals surface area contributed by atoms with Crippen LogP contribution in [0.15, 0.2) is 12.2 Å². The van der Waals surface area contributed by atoms with Crippen molar-refractivity contribution in [1.29, 1.82) is 0 Å². The van der Waals surface area contributed by atoms with Crippen LogP contribution >= 0.6 is 0 Å². The molecule has 154 valence electrons. The lowest BCUT2D eigenvalue weighted by atomic mass is 10.3. The Balaban J connectivity index is 4.65. The molecule has 0 aromatic rings.